The Hall–Kier alpha value is -1.13. The topological polar surface area (TPSA) is 66.8 Å². The molecule has 0 amide bonds. The van der Waals surface area contributed by atoms with Crippen LogP contribution in [0.15, 0.2) is 24.3 Å². The average molecular weight is 346 g/mol. The van der Waals surface area contributed by atoms with Crippen molar-refractivity contribution in [3.05, 3.63) is 24.3 Å². The summed E-state index contributed by atoms with van der Waals surface area (Å²) in [5, 5.41) is 20.3. The van der Waals surface area contributed by atoms with Gasteiger partial charge in [-0.25, -0.2) is 0 Å². The molecule has 0 radical (unpaired) electrons. The molecular formula is C21H30O4. The summed E-state index contributed by atoms with van der Waals surface area (Å²) in [4.78, 5) is 11.8. The Labute approximate surface area is 149 Å². The number of carbonyl (C=O) groups is 1. The van der Waals surface area contributed by atoms with Gasteiger partial charge in [0.15, 0.2) is 5.79 Å². The second-order valence-electron chi connectivity index (χ2n) is 9.40. The van der Waals surface area contributed by atoms with E-state index in [1.54, 1.807) is 6.08 Å². The molecule has 4 nitrogen and oxygen atoms in total. The van der Waals surface area contributed by atoms with Gasteiger partial charge in [-0.3, -0.25) is 4.79 Å². The number of carbonyl (C=O) groups excluding carboxylic acids is 1. The molecule has 4 aliphatic rings. The lowest BCUT2D eigenvalue weighted by atomic mass is 9.45. The number of aliphatic hydroxyl groups is 2. The molecule has 4 aliphatic carbocycles. The summed E-state index contributed by atoms with van der Waals surface area (Å²) in [6.07, 6.45) is 12.6. The smallest absolute Gasteiger partial charge is 0.302 e. The largest absolute Gasteiger partial charge is 0.462 e. The van der Waals surface area contributed by atoms with Crippen molar-refractivity contribution in [3.8, 4) is 0 Å². The SMILES string of the molecule is CC(=O)O[C@H]1C[C@@H]2CC(O)(O)C=C[C@]2(C)[C@H]2CC[C@]3(C)CC=C[C@H]3[C@H]12. The number of allylic oxidation sites excluding steroid dienone is 3. The third-order valence-electron chi connectivity index (χ3n) is 7.84. The number of rotatable bonds is 1. The van der Waals surface area contributed by atoms with Crippen LogP contribution in [0.4, 0.5) is 0 Å². The highest BCUT2D eigenvalue weighted by atomic mass is 16.5. The molecule has 7 atom stereocenters. The van der Waals surface area contributed by atoms with Gasteiger partial charge in [-0.05, 0) is 60.3 Å². The van der Waals surface area contributed by atoms with E-state index in [-0.39, 0.29) is 28.8 Å². The van der Waals surface area contributed by atoms with Crippen molar-refractivity contribution in [2.24, 2.45) is 34.5 Å². The van der Waals surface area contributed by atoms with E-state index in [0.717, 1.165) is 12.8 Å². The van der Waals surface area contributed by atoms with E-state index in [4.69, 9.17) is 4.74 Å². The van der Waals surface area contributed by atoms with Gasteiger partial charge < -0.3 is 14.9 Å². The molecule has 0 bridgehead atoms. The van der Waals surface area contributed by atoms with Crippen LogP contribution in [0.2, 0.25) is 0 Å². The van der Waals surface area contributed by atoms with Gasteiger partial charge >= 0.3 is 5.97 Å². The second-order valence-corrected chi connectivity index (χ2v) is 9.40. The van der Waals surface area contributed by atoms with Crippen LogP contribution in [0.3, 0.4) is 0 Å². The predicted octanol–water partition coefficient (Wildman–Crippen LogP) is 3.19. The van der Waals surface area contributed by atoms with Crippen molar-refractivity contribution >= 4 is 5.97 Å². The van der Waals surface area contributed by atoms with Crippen LogP contribution in [0.5, 0.6) is 0 Å². The molecule has 0 saturated heterocycles. The molecule has 0 unspecified atom stereocenters. The van der Waals surface area contributed by atoms with Crippen LogP contribution in [0, 0.1) is 34.5 Å². The highest BCUT2D eigenvalue weighted by molar-refractivity contribution is 5.66. The van der Waals surface area contributed by atoms with Crippen LogP contribution < -0.4 is 0 Å². The molecule has 4 heteroatoms. The van der Waals surface area contributed by atoms with Crippen LogP contribution in [-0.4, -0.2) is 28.1 Å². The summed E-state index contributed by atoms with van der Waals surface area (Å²) >= 11 is 0. The second kappa shape index (κ2) is 5.43. The fourth-order valence-electron chi connectivity index (χ4n) is 6.50. The highest BCUT2D eigenvalue weighted by Crippen LogP contribution is 2.64. The normalized spacial score (nSPS) is 49.9. The highest BCUT2D eigenvalue weighted by Gasteiger charge is 2.60. The molecule has 0 aliphatic heterocycles. The Bertz CT molecular complexity index is 636. The van der Waals surface area contributed by atoms with Crippen molar-refractivity contribution in [1.29, 1.82) is 0 Å². The minimum Gasteiger partial charge on any atom is -0.462 e. The maximum atomic E-state index is 11.8. The van der Waals surface area contributed by atoms with E-state index < -0.39 is 5.79 Å². The van der Waals surface area contributed by atoms with Crippen molar-refractivity contribution in [2.75, 3.05) is 0 Å². The Balaban J connectivity index is 1.75. The minimum atomic E-state index is -1.74. The van der Waals surface area contributed by atoms with Gasteiger partial charge in [0.25, 0.3) is 0 Å². The Morgan fingerprint density at radius 3 is 2.72 bits per heavy atom. The van der Waals surface area contributed by atoms with Crippen molar-refractivity contribution in [1.82, 2.24) is 0 Å². The molecule has 4 rings (SSSR count). The van der Waals surface area contributed by atoms with Crippen LogP contribution in [0.25, 0.3) is 0 Å². The van der Waals surface area contributed by atoms with E-state index in [9.17, 15) is 15.0 Å². The molecule has 0 spiro atoms. The van der Waals surface area contributed by atoms with Gasteiger partial charge in [0.1, 0.15) is 6.10 Å². The van der Waals surface area contributed by atoms with Crippen LogP contribution in [0.1, 0.15) is 52.9 Å². The van der Waals surface area contributed by atoms with Gasteiger partial charge in [-0.2, -0.15) is 0 Å². The summed E-state index contributed by atoms with van der Waals surface area (Å²) in [6, 6.07) is 0. The molecule has 0 aromatic heterocycles. The van der Waals surface area contributed by atoms with E-state index in [1.807, 2.05) is 6.08 Å². The summed E-state index contributed by atoms with van der Waals surface area (Å²) in [5.41, 5.74) is 0.215. The molecule has 138 valence electrons. The lowest BCUT2D eigenvalue weighted by Crippen LogP contribution is -2.58. The molecule has 2 N–H and O–H groups in total. The van der Waals surface area contributed by atoms with Gasteiger partial charge in [0, 0.05) is 19.3 Å². The zero-order chi connectivity index (χ0) is 18.0. The van der Waals surface area contributed by atoms with Crippen LogP contribution >= 0.6 is 0 Å². The molecule has 0 aromatic rings. The summed E-state index contributed by atoms with van der Waals surface area (Å²) in [5.74, 6) is -0.688. The number of fused-ring (bicyclic) bond motifs is 5. The standard InChI is InChI=1S/C21H30O4/c1-13(22)25-17-11-14-12-21(23,24)10-9-20(14,3)16-6-8-19(2)7-4-5-15(19)18(16)17/h4-5,9-10,14-18,23-24H,6-8,11-12H2,1-3H3/t14-,15+,16+,17+,18+,19+,20+/m1/s1. The van der Waals surface area contributed by atoms with E-state index >= 15 is 0 Å². The van der Waals surface area contributed by atoms with E-state index in [2.05, 4.69) is 26.0 Å². The first-order valence-corrected chi connectivity index (χ1v) is 9.64. The molecule has 0 heterocycles. The zero-order valence-electron chi connectivity index (χ0n) is 15.4. The lowest BCUT2D eigenvalue weighted by Gasteiger charge is -2.60. The zero-order valence-corrected chi connectivity index (χ0v) is 15.4. The van der Waals surface area contributed by atoms with Gasteiger partial charge in [0.05, 0.1) is 0 Å². The maximum absolute atomic E-state index is 11.8. The van der Waals surface area contributed by atoms with Gasteiger partial charge in [-0.15, -0.1) is 0 Å². The molecule has 0 aromatic carbocycles. The summed E-state index contributed by atoms with van der Waals surface area (Å²) in [6.45, 7) is 6.13. The van der Waals surface area contributed by atoms with E-state index in [0.29, 0.717) is 30.6 Å². The fourth-order valence-corrected chi connectivity index (χ4v) is 6.50. The third-order valence-corrected chi connectivity index (χ3v) is 7.84. The van der Waals surface area contributed by atoms with Crippen molar-refractivity contribution < 1.29 is 19.7 Å². The third kappa shape index (κ3) is 2.60. The Kier molecular flexibility index (Phi) is 3.76. The molecule has 2 saturated carbocycles. The minimum absolute atomic E-state index is 0.0615. The monoisotopic (exact) mass is 346 g/mol. The lowest BCUT2D eigenvalue weighted by molar-refractivity contribution is -0.195. The summed E-state index contributed by atoms with van der Waals surface area (Å²) in [7, 11) is 0. The number of hydrogen-bond donors (Lipinski definition) is 2. The number of hydrogen-bond acceptors (Lipinski definition) is 4. The summed E-state index contributed by atoms with van der Waals surface area (Å²) < 4.78 is 5.82. The predicted molar refractivity (Wildman–Crippen MR) is 94.3 cm³/mol. The molecule has 25 heavy (non-hydrogen) atoms. The first kappa shape index (κ1) is 17.3. The molecule has 2 fully saturated rings. The Morgan fingerprint density at radius 1 is 1.24 bits per heavy atom. The fraction of sp³-hybridized carbons (Fsp3) is 0.762. The van der Waals surface area contributed by atoms with Gasteiger partial charge in [0.2, 0.25) is 0 Å². The maximum Gasteiger partial charge on any atom is 0.302 e. The van der Waals surface area contributed by atoms with E-state index in [1.165, 1.54) is 13.3 Å². The van der Waals surface area contributed by atoms with Crippen LogP contribution in [-0.2, 0) is 9.53 Å². The van der Waals surface area contributed by atoms with Crippen molar-refractivity contribution in [3.63, 3.8) is 0 Å². The van der Waals surface area contributed by atoms with Crippen molar-refractivity contribution in [2.45, 2.75) is 64.8 Å². The first-order chi connectivity index (χ1) is 11.6. The quantitative estimate of drug-likeness (QED) is 0.435. The number of esters is 1. The number of ether oxygens (including phenoxy) is 1. The van der Waals surface area contributed by atoms with Gasteiger partial charge in [-0.1, -0.05) is 32.1 Å². The first-order valence-electron chi connectivity index (χ1n) is 9.64. The average Bonchev–Trinajstić information content (AvgIpc) is 2.90. The Morgan fingerprint density at radius 2 is 2.00 bits per heavy atom. The molecular weight excluding hydrogens is 316 g/mol.